The fraction of sp³-hybridized carbons (Fsp3) is 0.364. The van der Waals surface area contributed by atoms with E-state index in [2.05, 4.69) is 0 Å². The second-order valence-corrected chi connectivity index (χ2v) is 6.70. The average Bonchev–Trinajstić information content (AvgIpc) is 3.09. The molecule has 98 valence electrons. The van der Waals surface area contributed by atoms with Crippen molar-refractivity contribution in [1.29, 1.82) is 0 Å². The van der Waals surface area contributed by atoms with Gasteiger partial charge in [0.2, 0.25) is 10.0 Å². The van der Waals surface area contributed by atoms with Crippen LogP contribution in [0.5, 0.6) is 0 Å². The van der Waals surface area contributed by atoms with Crippen molar-refractivity contribution in [2.24, 2.45) is 0 Å². The predicted octanol–water partition coefficient (Wildman–Crippen LogP) is 1.72. The van der Waals surface area contributed by atoms with Crippen molar-refractivity contribution in [2.45, 2.75) is 18.1 Å². The Kier molecular flexibility index (Phi) is 3.49. The molecule has 0 atom stereocenters. The van der Waals surface area contributed by atoms with Crippen LogP contribution in [0.4, 0.5) is 5.69 Å². The van der Waals surface area contributed by atoms with E-state index in [0.717, 1.165) is 4.31 Å². The molecule has 1 N–H and O–H groups in total. The van der Waals surface area contributed by atoms with Crippen molar-refractivity contribution in [3.8, 4) is 0 Å². The van der Waals surface area contributed by atoms with Crippen molar-refractivity contribution in [2.75, 3.05) is 10.8 Å². The zero-order valence-electron chi connectivity index (χ0n) is 9.41. The molecule has 0 unspecified atom stereocenters. The lowest BCUT2D eigenvalue weighted by Crippen LogP contribution is -2.37. The molecular weight excluding hydrogens is 278 g/mol. The number of sulfonamides is 1. The number of rotatable bonds is 5. The first-order valence-electron chi connectivity index (χ1n) is 5.40. The lowest BCUT2D eigenvalue weighted by atomic mass is 10.3. The van der Waals surface area contributed by atoms with Crippen molar-refractivity contribution < 1.29 is 18.3 Å². The summed E-state index contributed by atoms with van der Waals surface area (Å²) in [5.41, 5.74) is 0.289. The molecule has 1 aromatic carbocycles. The first-order valence-corrected chi connectivity index (χ1v) is 7.28. The number of nitrogens with zero attached hydrogens (tertiary/aromatic N) is 1. The minimum absolute atomic E-state index is 0.289. The second kappa shape index (κ2) is 4.78. The Morgan fingerprint density at radius 3 is 2.61 bits per heavy atom. The summed E-state index contributed by atoms with van der Waals surface area (Å²) in [5, 5.41) is 8.75. The standard InChI is InChI=1S/C11H12ClNO4S/c12-8-2-1-3-9(6-8)13(7-11(14)15)18(16,17)10-4-5-10/h1-3,6,10H,4-5,7H2,(H,14,15). The predicted molar refractivity (Wildman–Crippen MR) is 68.4 cm³/mol. The van der Waals surface area contributed by atoms with Crippen LogP contribution in [-0.2, 0) is 14.8 Å². The molecule has 0 spiro atoms. The molecule has 1 aliphatic carbocycles. The second-order valence-electron chi connectivity index (χ2n) is 4.12. The van der Waals surface area contributed by atoms with Crippen molar-refractivity contribution in [1.82, 2.24) is 0 Å². The van der Waals surface area contributed by atoms with Gasteiger partial charge < -0.3 is 5.11 Å². The molecule has 7 heteroatoms. The summed E-state index contributed by atoms with van der Waals surface area (Å²) in [7, 11) is -3.60. The number of carbonyl (C=O) groups is 1. The van der Waals surface area contributed by atoms with Crippen molar-refractivity contribution in [3.63, 3.8) is 0 Å². The van der Waals surface area contributed by atoms with E-state index >= 15 is 0 Å². The summed E-state index contributed by atoms with van der Waals surface area (Å²) >= 11 is 5.80. The SMILES string of the molecule is O=C(O)CN(c1cccc(Cl)c1)S(=O)(=O)C1CC1. The van der Waals surface area contributed by atoms with E-state index in [0.29, 0.717) is 17.9 Å². The third-order valence-corrected chi connectivity index (χ3v) is 5.13. The molecule has 5 nitrogen and oxygen atoms in total. The summed E-state index contributed by atoms with van der Waals surface area (Å²) in [5.74, 6) is -1.20. The Morgan fingerprint density at radius 2 is 2.11 bits per heavy atom. The number of hydrogen-bond donors (Lipinski definition) is 1. The summed E-state index contributed by atoms with van der Waals surface area (Å²) < 4.78 is 25.2. The van der Waals surface area contributed by atoms with Crippen LogP contribution in [0.3, 0.4) is 0 Å². The topological polar surface area (TPSA) is 74.7 Å². The molecule has 0 aliphatic heterocycles. The maximum atomic E-state index is 12.2. The van der Waals surface area contributed by atoms with Crippen molar-refractivity contribution in [3.05, 3.63) is 29.3 Å². The zero-order chi connectivity index (χ0) is 13.3. The number of benzene rings is 1. The number of aliphatic carboxylic acids is 1. The van der Waals surface area contributed by atoms with Gasteiger partial charge in [0, 0.05) is 5.02 Å². The summed E-state index contributed by atoms with van der Waals surface area (Å²) in [6.45, 7) is -0.584. The summed E-state index contributed by atoms with van der Waals surface area (Å²) in [6.07, 6.45) is 1.16. The van der Waals surface area contributed by atoms with Crippen LogP contribution >= 0.6 is 11.6 Å². The number of anilines is 1. The molecule has 0 aromatic heterocycles. The molecule has 1 fully saturated rings. The molecule has 0 amide bonds. The van der Waals surface area contributed by atoms with E-state index in [1.165, 1.54) is 12.1 Å². The van der Waals surface area contributed by atoms with Crippen LogP contribution in [0.2, 0.25) is 5.02 Å². The highest BCUT2D eigenvalue weighted by Crippen LogP contribution is 2.34. The Balaban J connectivity index is 2.39. The van der Waals surface area contributed by atoms with Gasteiger partial charge in [-0.3, -0.25) is 9.10 Å². The Morgan fingerprint density at radius 1 is 1.44 bits per heavy atom. The third-order valence-electron chi connectivity index (χ3n) is 2.63. The average molecular weight is 290 g/mol. The molecule has 1 saturated carbocycles. The van der Waals surface area contributed by atoms with Gasteiger partial charge in [0.25, 0.3) is 0 Å². The van der Waals surface area contributed by atoms with Gasteiger partial charge >= 0.3 is 5.97 Å². The van der Waals surface area contributed by atoms with E-state index in [9.17, 15) is 13.2 Å². The highest BCUT2D eigenvalue weighted by molar-refractivity contribution is 7.93. The molecule has 0 radical (unpaired) electrons. The maximum Gasteiger partial charge on any atom is 0.324 e. The Hall–Kier alpha value is -1.27. The Bertz CT molecular complexity index is 568. The van der Waals surface area contributed by atoms with E-state index in [1.807, 2.05) is 0 Å². The van der Waals surface area contributed by atoms with Gasteiger partial charge in [0.05, 0.1) is 10.9 Å². The van der Waals surface area contributed by atoms with Crippen LogP contribution in [0.25, 0.3) is 0 Å². The monoisotopic (exact) mass is 289 g/mol. The lowest BCUT2D eigenvalue weighted by Gasteiger charge is -2.22. The first-order chi connectivity index (χ1) is 8.41. The van der Waals surface area contributed by atoms with Crippen LogP contribution in [0, 0.1) is 0 Å². The number of carboxylic acid groups (broad SMARTS) is 1. The highest BCUT2D eigenvalue weighted by Gasteiger charge is 2.41. The smallest absolute Gasteiger partial charge is 0.324 e. The normalized spacial score (nSPS) is 15.4. The maximum absolute atomic E-state index is 12.2. The minimum Gasteiger partial charge on any atom is -0.480 e. The van der Waals surface area contributed by atoms with Gasteiger partial charge in [0.1, 0.15) is 6.54 Å². The van der Waals surface area contributed by atoms with Crippen LogP contribution in [-0.4, -0.2) is 31.3 Å². The van der Waals surface area contributed by atoms with Crippen molar-refractivity contribution >= 4 is 33.3 Å². The van der Waals surface area contributed by atoms with E-state index in [4.69, 9.17) is 16.7 Å². The van der Waals surface area contributed by atoms with E-state index in [-0.39, 0.29) is 5.69 Å². The third kappa shape index (κ3) is 2.76. The molecule has 0 heterocycles. The lowest BCUT2D eigenvalue weighted by molar-refractivity contribution is -0.135. The fourth-order valence-electron chi connectivity index (χ4n) is 1.63. The summed E-state index contributed by atoms with van der Waals surface area (Å²) in [6, 6.07) is 6.18. The van der Waals surface area contributed by atoms with Gasteiger partial charge in [-0.2, -0.15) is 0 Å². The fourth-order valence-corrected chi connectivity index (χ4v) is 3.60. The largest absolute Gasteiger partial charge is 0.480 e. The molecule has 18 heavy (non-hydrogen) atoms. The van der Waals surface area contributed by atoms with Gasteiger partial charge in [-0.15, -0.1) is 0 Å². The van der Waals surface area contributed by atoms with E-state index < -0.39 is 27.8 Å². The molecule has 2 rings (SSSR count). The van der Waals surface area contributed by atoms with Crippen LogP contribution in [0.15, 0.2) is 24.3 Å². The molecular formula is C11H12ClNO4S. The van der Waals surface area contributed by atoms with E-state index in [1.54, 1.807) is 12.1 Å². The van der Waals surface area contributed by atoms with Gasteiger partial charge in [-0.25, -0.2) is 8.42 Å². The quantitative estimate of drug-likeness (QED) is 0.895. The van der Waals surface area contributed by atoms with Crippen LogP contribution < -0.4 is 4.31 Å². The van der Waals surface area contributed by atoms with Crippen LogP contribution in [0.1, 0.15) is 12.8 Å². The van der Waals surface area contributed by atoms with Gasteiger partial charge in [-0.1, -0.05) is 17.7 Å². The first kappa shape index (κ1) is 13.2. The molecule has 1 aromatic rings. The molecule has 0 saturated heterocycles. The number of halogens is 1. The highest BCUT2D eigenvalue weighted by atomic mass is 35.5. The number of hydrogen-bond acceptors (Lipinski definition) is 3. The molecule has 0 bridgehead atoms. The van der Waals surface area contributed by atoms with Gasteiger partial charge in [0.15, 0.2) is 0 Å². The minimum atomic E-state index is -3.60. The van der Waals surface area contributed by atoms with Gasteiger partial charge in [-0.05, 0) is 31.0 Å². The number of carboxylic acids is 1. The summed E-state index contributed by atoms with van der Waals surface area (Å²) in [4.78, 5) is 10.8. The molecule has 1 aliphatic rings. The zero-order valence-corrected chi connectivity index (χ0v) is 11.0. The Labute approximate surface area is 110 Å².